The molecule has 0 aliphatic rings. The van der Waals surface area contributed by atoms with Crippen LogP contribution in [0, 0.1) is 23.5 Å². The summed E-state index contributed by atoms with van der Waals surface area (Å²) in [4.78, 5) is 0. The largest absolute Gasteiger partial charge is 0.493 e. The Balaban J connectivity index is 3.43. The lowest BCUT2D eigenvalue weighted by atomic mass is 10.1. The van der Waals surface area contributed by atoms with E-state index in [-0.39, 0.29) is 17.1 Å². The molecule has 0 bridgehead atoms. The van der Waals surface area contributed by atoms with Crippen molar-refractivity contribution in [1.82, 2.24) is 0 Å². The standard InChI is InChI=1S/C12H12F2O2/c1-4-5-6-8-11(13)9(15-2)7-10(16-3)12(8)14/h7H,4H2,1-3H3. The second-order valence-electron chi connectivity index (χ2n) is 2.94. The molecule has 0 aliphatic carbocycles. The minimum atomic E-state index is -0.804. The van der Waals surface area contributed by atoms with Crippen molar-refractivity contribution < 1.29 is 18.3 Å². The number of benzene rings is 1. The zero-order valence-corrected chi connectivity index (χ0v) is 9.36. The fourth-order valence-corrected chi connectivity index (χ4v) is 1.17. The van der Waals surface area contributed by atoms with Gasteiger partial charge in [-0.05, 0) is 0 Å². The van der Waals surface area contributed by atoms with Crippen molar-refractivity contribution in [3.8, 4) is 23.3 Å². The average Bonchev–Trinajstić information content (AvgIpc) is 2.29. The maximum Gasteiger partial charge on any atom is 0.183 e. The first kappa shape index (κ1) is 12.3. The van der Waals surface area contributed by atoms with Crippen molar-refractivity contribution in [3.63, 3.8) is 0 Å². The molecule has 0 spiro atoms. The molecule has 0 N–H and O–H groups in total. The topological polar surface area (TPSA) is 18.5 Å². The van der Waals surface area contributed by atoms with E-state index in [1.54, 1.807) is 6.92 Å². The molecule has 0 atom stereocenters. The van der Waals surface area contributed by atoms with Crippen LogP contribution in [0.4, 0.5) is 8.78 Å². The number of hydrogen-bond donors (Lipinski definition) is 0. The van der Waals surface area contributed by atoms with E-state index in [0.29, 0.717) is 6.42 Å². The van der Waals surface area contributed by atoms with Gasteiger partial charge in [0.25, 0.3) is 0 Å². The summed E-state index contributed by atoms with van der Waals surface area (Å²) in [6.07, 6.45) is 0.512. The van der Waals surface area contributed by atoms with Gasteiger partial charge in [-0.2, -0.15) is 0 Å². The molecule has 2 nitrogen and oxygen atoms in total. The van der Waals surface area contributed by atoms with Crippen LogP contribution < -0.4 is 9.47 Å². The van der Waals surface area contributed by atoms with E-state index in [0.717, 1.165) is 6.07 Å². The summed E-state index contributed by atoms with van der Waals surface area (Å²) in [5.41, 5.74) is -0.321. The predicted octanol–water partition coefficient (Wildman–Crippen LogP) is 2.74. The first-order valence-electron chi connectivity index (χ1n) is 4.74. The first-order valence-corrected chi connectivity index (χ1v) is 4.74. The molecule has 4 heteroatoms. The van der Waals surface area contributed by atoms with Gasteiger partial charge in [-0.25, -0.2) is 8.78 Å². The lowest BCUT2D eigenvalue weighted by Crippen LogP contribution is -1.99. The minimum Gasteiger partial charge on any atom is -0.493 e. The number of hydrogen-bond acceptors (Lipinski definition) is 2. The normalized spacial score (nSPS) is 9.31. The van der Waals surface area contributed by atoms with Crippen LogP contribution in [-0.2, 0) is 0 Å². The SMILES string of the molecule is CCC#Cc1c(F)c(OC)cc(OC)c1F. The van der Waals surface area contributed by atoms with Gasteiger partial charge in [-0.1, -0.05) is 18.8 Å². The molecular formula is C12H12F2O2. The lowest BCUT2D eigenvalue weighted by molar-refractivity contribution is 0.357. The zero-order chi connectivity index (χ0) is 12.1. The van der Waals surface area contributed by atoms with Crippen LogP contribution in [0.25, 0.3) is 0 Å². The molecule has 1 rings (SSSR count). The van der Waals surface area contributed by atoms with Crippen LogP contribution in [0.3, 0.4) is 0 Å². The second kappa shape index (κ2) is 5.36. The van der Waals surface area contributed by atoms with Crippen LogP contribution in [-0.4, -0.2) is 14.2 Å². The third-order valence-electron chi connectivity index (χ3n) is 1.96. The van der Waals surface area contributed by atoms with Gasteiger partial charge in [0.1, 0.15) is 5.56 Å². The molecule has 0 heterocycles. The van der Waals surface area contributed by atoms with Crippen LogP contribution in [0.1, 0.15) is 18.9 Å². The summed E-state index contributed by atoms with van der Waals surface area (Å²) < 4.78 is 36.8. The van der Waals surface area contributed by atoms with Gasteiger partial charge < -0.3 is 9.47 Å². The highest BCUT2D eigenvalue weighted by Crippen LogP contribution is 2.30. The second-order valence-corrected chi connectivity index (χ2v) is 2.94. The highest BCUT2D eigenvalue weighted by molar-refractivity contribution is 5.49. The zero-order valence-electron chi connectivity index (χ0n) is 9.36. The molecule has 0 radical (unpaired) electrons. The molecule has 1 aromatic carbocycles. The molecule has 0 saturated carbocycles. The summed E-state index contributed by atoms with van der Waals surface area (Å²) in [7, 11) is 2.60. The molecule has 0 aromatic heterocycles. The minimum absolute atomic E-state index is 0.0846. The Morgan fingerprint density at radius 2 is 1.62 bits per heavy atom. The van der Waals surface area contributed by atoms with Gasteiger partial charge in [0.15, 0.2) is 23.1 Å². The molecular weight excluding hydrogens is 214 g/mol. The molecule has 1 aromatic rings. The Hall–Kier alpha value is -1.76. The molecule has 16 heavy (non-hydrogen) atoms. The maximum atomic E-state index is 13.7. The van der Waals surface area contributed by atoms with Crippen LogP contribution in [0.15, 0.2) is 6.07 Å². The van der Waals surface area contributed by atoms with E-state index in [1.807, 2.05) is 0 Å². The summed E-state index contributed by atoms with van der Waals surface area (Å²) >= 11 is 0. The third-order valence-corrected chi connectivity index (χ3v) is 1.96. The van der Waals surface area contributed by atoms with Crippen molar-refractivity contribution in [3.05, 3.63) is 23.3 Å². The fraction of sp³-hybridized carbons (Fsp3) is 0.333. The molecule has 86 valence electrons. The first-order chi connectivity index (χ1) is 7.65. The summed E-state index contributed by atoms with van der Waals surface area (Å²) in [6.45, 7) is 1.79. The highest BCUT2D eigenvalue weighted by Gasteiger charge is 2.18. The van der Waals surface area contributed by atoms with Crippen molar-refractivity contribution in [2.24, 2.45) is 0 Å². The smallest absolute Gasteiger partial charge is 0.183 e. The third kappa shape index (κ3) is 2.25. The van der Waals surface area contributed by atoms with Crippen LogP contribution >= 0.6 is 0 Å². The molecule has 0 saturated heterocycles. The summed E-state index contributed by atoms with van der Waals surface area (Å²) in [5.74, 6) is 3.25. The summed E-state index contributed by atoms with van der Waals surface area (Å²) in [6, 6.07) is 1.15. The van der Waals surface area contributed by atoms with Crippen molar-refractivity contribution >= 4 is 0 Å². The molecule has 0 fully saturated rings. The van der Waals surface area contributed by atoms with Gasteiger partial charge in [-0.3, -0.25) is 0 Å². The van der Waals surface area contributed by atoms with E-state index in [4.69, 9.17) is 9.47 Å². The number of rotatable bonds is 2. The predicted molar refractivity (Wildman–Crippen MR) is 56.6 cm³/mol. The van der Waals surface area contributed by atoms with Crippen LogP contribution in [0.2, 0.25) is 0 Å². The Kier molecular flexibility index (Phi) is 4.12. The van der Waals surface area contributed by atoms with Gasteiger partial charge in [-0.15, -0.1) is 0 Å². The molecule has 0 amide bonds. The van der Waals surface area contributed by atoms with Crippen LogP contribution in [0.5, 0.6) is 11.5 Å². The quantitative estimate of drug-likeness (QED) is 0.722. The Bertz CT molecular complexity index is 416. The lowest BCUT2D eigenvalue weighted by Gasteiger charge is -2.08. The Morgan fingerprint density at radius 1 is 1.12 bits per heavy atom. The van der Waals surface area contributed by atoms with E-state index in [1.165, 1.54) is 14.2 Å². The monoisotopic (exact) mass is 226 g/mol. The van der Waals surface area contributed by atoms with Gasteiger partial charge in [0.05, 0.1) is 14.2 Å². The van der Waals surface area contributed by atoms with Gasteiger partial charge >= 0.3 is 0 Å². The summed E-state index contributed by atoms with van der Waals surface area (Å²) in [5, 5.41) is 0. The fourth-order valence-electron chi connectivity index (χ4n) is 1.17. The van der Waals surface area contributed by atoms with E-state index < -0.39 is 11.6 Å². The maximum absolute atomic E-state index is 13.7. The Morgan fingerprint density at radius 3 is 2.00 bits per heavy atom. The van der Waals surface area contributed by atoms with E-state index >= 15 is 0 Å². The van der Waals surface area contributed by atoms with Gasteiger partial charge in [0.2, 0.25) is 0 Å². The van der Waals surface area contributed by atoms with Crippen molar-refractivity contribution in [2.45, 2.75) is 13.3 Å². The molecule has 0 unspecified atom stereocenters. The highest BCUT2D eigenvalue weighted by atomic mass is 19.1. The van der Waals surface area contributed by atoms with Gasteiger partial charge in [0, 0.05) is 12.5 Å². The van der Waals surface area contributed by atoms with E-state index in [2.05, 4.69) is 11.8 Å². The van der Waals surface area contributed by atoms with Crippen molar-refractivity contribution in [2.75, 3.05) is 14.2 Å². The van der Waals surface area contributed by atoms with E-state index in [9.17, 15) is 8.78 Å². The average molecular weight is 226 g/mol. The van der Waals surface area contributed by atoms with Crippen molar-refractivity contribution in [1.29, 1.82) is 0 Å². The number of methoxy groups -OCH3 is 2. The number of halogens is 2. The number of ether oxygens (including phenoxy) is 2. The molecule has 0 aliphatic heterocycles. The Labute approximate surface area is 93.2 Å².